The highest BCUT2D eigenvalue weighted by molar-refractivity contribution is 8.01. The Morgan fingerprint density at radius 1 is 1.12 bits per heavy atom. The second-order valence-electron chi connectivity index (χ2n) is 3.75. The fourth-order valence-corrected chi connectivity index (χ4v) is 1.95. The maximum absolute atomic E-state index is 10.9. The van der Waals surface area contributed by atoms with Crippen LogP contribution in [0.25, 0.3) is 0 Å². The topological polar surface area (TPSA) is 74.6 Å². The monoisotopic (exact) mass is 240 g/mol. The maximum Gasteiger partial charge on any atom is 0.335 e. The van der Waals surface area contributed by atoms with Gasteiger partial charge in [0.25, 0.3) is 0 Å². The van der Waals surface area contributed by atoms with Gasteiger partial charge in [-0.25, -0.2) is 4.79 Å². The lowest BCUT2D eigenvalue weighted by Gasteiger charge is -2.18. The number of benzene rings is 1. The molecule has 4 nitrogen and oxygen atoms in total. The van der Waals surface area contributed by atoms with Crippen molar-refractivity contribution in [1.82, 2.24) is 0 Å². The number of hydrogen-bond acceptors (Lipinski definition) is 3. The van der Waals surface area contributed by atoms with Gasteiger partial charge in [-0.3, -0.25) is 4.79 Å². The van der Waals surface area contributed by atoms with Crippen molar-refractivity contribution < 1.29 is 19.8 Å². The third kappa shape index (κ3) is 3.00. The van der Waals surface area contributed by atoms with Gasteiger partial charge in [-0.05, 0) is 38.1 Å². The lowest BCUT2D eigenvalue weighted by atomic mass is 10.2. The highest BCUT2D eigenvalue weighted by Crippen LogP contribution is 2.32. The molecule has 0 aliphatic heterocycles. The van der Waals surface area contributed by atoms with E-state index in [-0.39, 0.29) is 5.56 Å². The smallest absolute Gasteiger partial charge is 0.335 e. The highest BCUT2D eigenvalue weighted by Gasteiger charge is 2.28. The van der Waals surface area contributed by atoms with Crippen LogP contribution in [0.2, 0.25) is 0 Å². The molecular formula is C11H12O4S. The molecule has 0 saturated heterocycles. The number of carbonyl (C=O) groups is 2. The van der Waals surface area contributed by atoms with Crippen molar-refractivity contribution in [3.8, 4) is 0 Å². The predicted molar refractivity (Wildman–Crippen MR) is 61.0 cm³/mol. The van der Waals surface area contributed by atoms with Gasteiger partial charge in [0.05, 0.1) is 5.56 Å². The van der Waals surface area contributed by atoms with Crippen molar-refractivity contribution >= 4 is 23.7 Å². The minimum Gasteiger partial charge on any atom is -0.480 e. The molecular weight excluding hydrogens is 228 g/mol. The molecule has 0 unspecified atom stereocenters. The van der Waals surface area contributed by atoms with Crippen LogP contribution in [0.15, 0.2) is 29.2 Å². The minimum atomic E-state index is -0.992. The van der Waals surface area contributed by atoms with Crippen LogP contribution < -0.4 is 0 Å². The summed E-state index contributed by atoms with van der Waals surface area (Å²) in [6, 6.07) is 6.14. The fraction of sp³-hybridized carbons (Fsp3) is 0.273. The lowest BCUT2D eigenvalue weighted by molar-refractivity contribution is -0.138. The van der Waals surface area contributed by atoms with Crippen LogP contribution in [0.5, 0.6) is 0 Å². The molecule has 5 heteroatoms. The van der Waals surface area contributed by atoms with Gasteiger partial charge >= 0.3 is 11.9 Å². The number of aliphatic carboxylic acids is 1. The summed E-state index contributed by atoms with van der Waals surface area (Å²) in [7, 11) is 0. The zero-order chi connectivity index (χ0) is 12.3. The normalized spacial score (nSPS) is 11.1. The zero-order valence-corrected chi connectivity index (χ0v) is 9.75. The average molecular weight is 240 g/mol. The van der Waals surface area contributed by atoms with E-state index in [1.807, 2.05) is 0 Å². The SMILES string of the molecule is CC(C)(Sc1ccc(C(=O)O)cc1)C(=O)O. The van der Waals surface area contributed by atoms with E-state index >= 15 is 0 Å². The first-order chi connectivity index (χ1) is 7.33. The Kier molecular flexibility index (Phi) is 3.59. The fourth-order valence-electron chi connectivity index (χ4n) is 1.00. The van der Waals surface area contributed by atoms with Crippen molar-refractivity contribution in [2.45, 2.75) is 23.5 Å². The Hall–Kier alpha value is -1.49. The summed E-state index contributed by atoms with van der Waals surface area (Å²) in [5.41, 5.74) is 0.192. The third-order valence-electron chi connectivity index (χ3n) is 1.99. The first-order valence-electron chi connectivity index (χ1n) is 4.59. The molecule has 0 amide bonds. The Bertz CT molecular complexity index is 408. The van der Waals surface area contributed by atoms with Gasteiger partial charge in [0.2, 0.25) is 0 Å². The molecule has 0 aliphatic carbocycles. The van der Waals surface area contributed by atoms with Crippen LogP contribution >= 0.6 is 11.8 Å². The van der Waals surface area contributed by atoms with Gasteiger partial charge < -0.3 is 10.2 Å². The molecule has 0 radical (unpaired) electrons. The van der Waals surface area contributed by atoms with Crippen molar-refractivity contribution in [2.24, 2.45) is 0 Å². The summed E-state index contributed by atoms with van der Waals surface area (Å²) < 4.78 is -0.926. The van der Waals surface area contributed by atoms with Crippen molar-refractivity contribution in [2.75, 3.05) is 0 Å². The molecule has 86 valence electrons. The largest absolute Gasteiger partial charge is 0.480 e. The number of carboxylic acids is 2. The zero-order valence-electron chi connectivity index (χ0n) is 8.93. The summed E-state index contributed by atoms with van der Waals surface area (Å²) in [5, 5.41) is 17.6. The molecule has 0 aliphatic rings. The second-order valence-corrected chi connectivity index (χ2v) is 5.44. The van der Waals surface area contributed by atoms with Gasteiger partial charge in [0.15, 0.2) is 0 Å². The summed E-state index contributed by atoms with van der Waals surface area (Å²) >= 11 is 1.18. The lowest BCUT2D eigenvalue weighted by Crippen LogP contribution is -2.26. The Balaban J connectivity index is 2.84. The summed E-state index contributed by atoms with van der Waals surface area (Å²) in [6.07, 6.45) is 0. The van der Waals surface area contributed by atoms with E-state index in [2.05, 4.69) is 0 Å². The van der Waals surface area contributed by atoms with E-state index in [9.17, 15) is 9.59 Å². The molecule has 0 aromatic heterocycles. The molecule has 16 heavy (non-hydrogen) atoms. The van der Waals surface area contributed by atoms with E-state index < -0.39 is 16.7 Å². The van der Waals surface area contributed by atoms with Crippen molar-refractivity contribution in [1.29, 1.82) is 0 Å². The van der Waals surface area contributed by atoms with E-state index in [0.29, 0.717) is 0 Å². The number of rotatable bonds is 4. The van der Waals surface area contributed by atoms with E-state index in [1.54, 1.807) is 26.0 Å². The first kappa shape index (κ1) is 12.6. The maximum atomic E-state index is 10.9. The quantitative estimate of drug-likeness (QED) is 0.790. The molecule has 0 saturated carbocycles. The molecule has 0 heterocycles. The van der Waals surface area contributed by atoms with Crippen molar-refractivity contribution in [3.05, 3.63) is 29.8 Å². The van der Waals surface area contributed by atoms with Crippen LogP contribution in [0.1, 0.15) is 24.2 Å². The number of thioether (sulfide) groups is 1. The van der Waals surface area contributed by atoms with Crippen LogP contribution in [0.4, 0.5) is 0 Å². The Morgan fingerprint density at radius 3 is 2.00 bits per heavy atom. The number of carboxylic acid groups (broad SMARTS) is 2. The number of aromatic carboxylic acids is 1. The molecule has 0 atom stereocenters. The Labute approximate surface area is 97.3 Å². The molecule has 0 fully saturated rings. The summed E-state index contributed by atoms with van der Waals surface area (Å²) in [4.78, 5) is 22.2. The van der Waals surface area contributed by atoms with E-state index in [1.165, 1.54) is 23.9 Å². The first-order valence-corrected chi connectivity index (χ1v) is 5.40. The molecule has 0 spiro atoms. The van der Waals surface area contributed by atoms with Crippen LogP contribution in [0.3, 0.4) is 0 Å². The predicted octanol–water partition coefficient (Wildman–Crippen LogP) is 2.34. The van der Waals surface area contributed by atoms with Gasteiger partial charge in [0.1, 0.15) is 4.75 Å². The number of hydrogen-bond donors (Lipinski definition) is 2. The molecule has 1 rings (SSSR count). The molecule has 2 N–H and O–H groups in total. The van der Waals surface area contributed by atoms with Gasteiger partial charge in [-0.1, -0.05) is 0 Å². The molecule has 1 aromatic rings. The summed E-state index contributed by atoms with van der Waals surface area (Å²) in [6.45, 7) is 3.20. The van der Waals surface area contributed by atoms with Crippen LogP contribution in [0, 0.1) is 0 Å². The second kappa shape index (κ2) is 4.57. The van der Waals surface area contributed by atoms with Gasteiger partial charge in [-0.2, -0.15) is 0 Å². The highest BCUT2D eigenvalue weighted by atomic mass is 32.2. The van der Waals surface area contributed by atoms with Crippen LogP contribution in [-0.4, -0.2) is 26.9 Å². The molecule has 0 bridgehead atoms. The molecule has 1 aromatic carbocycles. The summed E-state index contributed by atoms with van der Waals surface area (Å²) in [5.74, 6) is -1.89. The van der Waals surface area contributed by atoms with Gasteiger partial charge in [0, 0.05) is 4.90 Å². The van der Waals surface area contributed by atoms with Crippen LogP contribution in [-0.2, 0) is 4.79 Å². The Morgan fingerprint density at radius 2 is 1.62 bits per heavy atom. The van der Waals surface area contributed by atoms with E-state index in [0.717, 1.165) is 4.90 Å². The van der Waals surface area contributed by atoms with Gasteiger partial charge in [-0.15, -0.1) is 11.8 Å². The van der Waals surface area contributed by atoms with E-state index in [4.69, 9.17) is 10.2 Å². The third-order valence-corrected chi connectivity index (χ3v) is 3.18. The average Bonchev–Trinajstić information content (AvgIpc) is 2.17. The standard InChI is InChI=1S/C11H12O4S/c1-11(2,10(14)15)16-8-5-3-7(4-6-8)9(12)13/h3-6H,1-2H3,(H,12,13)(H,14,15). The minimum absolute atomic E-state index is 0.192. The van der Waals surface area contributed by atoms with Crippen molar-refractivity contribution in [3.63, 3.8) is 0 Å².